The van der Waals surface area contributed by atoms with Crippen molar-refractivity contribution in [3.05, 3.63) is 65.9 Å². The Kier molecular flexibility index (Phi) is 5.58. The van der Waals surface area contributed by atoms with Crippen LogP contribution in [-0.2, 0) is 7.05 Å². The second-order valence-electron chi connectivity index (χ2n) is 7.03. The van der Waals surface area contributed by atoms with Gasteiger partial charge in [-0.25, -0.2) is 4.98 Å². The van der Waals surface area contributed by atoms with Crippen molar-refractivity contribution in [1.29, 1.82) is 0 Å². The minimum absolute atomic E-state index is 0.123. The van der Waals surface area contributed by atoms with Gasteiger partial charge in [0, 0.05) is 29.2 Å². The highest BCUT2D eigenvalue weighted by Gasteiger charge is 2.13. The SMILES string of the molecule is CC(C)Oc1ccc(-c2nc(C(=O)Nc3cccc(-c4nncn4C)c3)cs2)cc1. The number of rotatable bonds is 6. The van der Waals surface area contributed by atoms with E-state index in [-0.39, 0.29) is 12.0 Å². The fraction of sp³-hybridized carbons (Fsp3) is 0.182. The van der Waals surface area contributed by atoms with Gasteiger partial charge in [-0.3, -0.25) is 4.79 Å². The zero-order valence-electron chi connectivity index (χ0n) is 16.9. The normalized spacial score (nSPS) is 10.9. The third-order valence-corrected chi connectivity index (χ3v) is 5.19. The van der Waals surface area contributed by atoms with E-state index in [1.165, 1.54) is 11.3 Å². The molecular weight excluding hydrogens is 398 g/mol. The number of amides is 1. The maximum Gasteiger partial charge on any atom is 0.275 e. The molecule has 2 heterocycles. The molecule has 0 saturated carbocycles. The molecule has 7 nitrogen and oxygen atoms in total. The first-order valence-corrected chi connectivity index (χ1v) is 10.4. The summed E-state index contributed by atoms with van der Waals surface area (Å²) < 4.78 is 7.49. The molecule has 0 aliphatic heterocycles. The van der Waals surface area contributed by atoms with Gasteiger partial charge in [0.05, 0.1) is 6.10 Å². The zero-order valence-corrected chi connectivity index (χ0v) is 17.7. The van der Waals surface area contributed by atoms with Crippen molar-refractivity contribution in [1.82, 2.24) is 19.7 Å². The molecule has 0 unspecified atom stereocenters. The highest BCUT2D eigenvalue weighted by molar-refractivity contribution is 7.13. The van der Waals surface area contributed by atoms with Gasteiger partial charge in [0.2, 0.25) is 0 Å². The average molecular weight is 420 g/mol. The van der Waals surface area contributed by atoms with Crippen LogP contribution in [-0.4, -0.2) is 31.8 Å². The Hall–Kier alpha value is -3.52. The van der Waals surface area contributed by atoms with Crippen LogP contribution >= 0.6 is 11.3 Å². The number of carbonyl (C=O) groups is 1. The quantitative estimate of drug-likeness (QED) is 0.492. The lowest BCUT2D eigenvalue weighted by Gasteiger charge is -2.09. The molecule has 0 saturated heterocycles. The first kappa shape index (κ1) is 19.8. The summed E-state index contributed by atoms with van der Waals surface area (Å²) in [6.07, 6.45) is 1.76. The number of hydrogen-bond acceptors (Lipinski definition) is 6. The molecule has 1 N–H and O–H groups in total. The van der Waals surface area contributed by atoms with Gasteiger partial charge in [-0.1, -0.05) is 12.1 Å². The Labute approximate surface area is 178 Å². The molecule has 4 rings (SSSR count). The van der Waals surface area contributed by atoms with Gasteiger partial charge in [-0.15, -0.1) is 21.5 Å². The van der Waals surface area contributed by atoms with Crippen molar-refractivity contribution in [2.75, 3.05) is 5.32 Å². The van der Waals surface area contributed by atoms with E-state index < -0.39 is 0 Å². The topological polar surface area (TPSA) is 81.9 Å². The summed E-state index contributed by atoms with van der Waals surface area (Å²) in [4.78, 5) is 17.2. The molecule has 0 bridgehead atoms. The fourth-order valence-corrected chi connectivity index (χ4v) is 3.74. The summed E-state index contributed by atoms with van der Waals surface area (Å²) in [5, 5.41) is 13.4. The highest BCUT2D eigenvalue weighted by Crippen LogP contribution is 2.27. The summed E-state index contributed by atoms with van der Waals surface area (Å²) >= 11 is 1.43. The summed E-state index contributed by atoms with van der Waals surface area (Å²) in [6, 6.07) is 15.2. The van der Waals surface area contributed by atoms with Gasteiger partial charge in [0.15, 0.2) is 5.82 Å². The van der Waals surface area contributed by atoms with Crippen molar-refractivity contribution in [2.45, 2.75) is 20.0 Å². The van der Waals surface area contributed by atoms with Crippen molar-refractivity contribution in [3.8, 4) is 27.7 Å². The summed E-state index contributed by atoms with van der Waals surface area (Å²) in [5.41, 5.74) is 2.86. The Morgan fingerprint density at radius 1 is 1.13 bits per heavy atom. The standard InChI is InChI=1S/C22H21N5O2S/c1-14(2)29-18-9-7-15(8-10-18)22-25-19(12-30-22)21(28)24-17-6-4-5-16(11-17)20-26-23-13-27(20)3/h4-14H,1-3H3,(H,24,28). The van der Waals surface area contributed by atoms with Crippen molar-refractivity contribution in [3.63, 3.8) is 0 Å². The molecule has 0 radical (unpaired) electrons. The molecule has 4 aromatic rings. The summed E-state index contributed by atoms with van der Waals surface area (Å²) in [7, 11) is 1.87. The van der Waals surface area contributed by atoms with Crippen LogP contribution in [0.3, 0.4) is 0 Å². The zero-order chi connectivity index (χ0) is 21.1. The monoisotopic (exact) mass is 419 g/mol. The van der Waals surface area contributed by atoms with Crippen LogP contribution in [0.2, 0.25) is 0 Å². The number of benzene rings is 2. The van der Waals surface area contributed by atoms with Crippen LogP contribution in [0.4, 0.5) is 5.69 Å². The largest absolute Gasteiger partial charge is 0.491 e. The number of thiazole rings is 1. The molecule has 30 heavy (non-hydrogen) atoms. The lowest BCUT2D eigenvalue weighted by atomic mass is 10.2. The molecule has 2 aromatic carbocycles. The van der Waals surface area contributed by atoms with Crippen molar-refractivity contribution in [2.24, 2.45) is 7.05 Å². The molecule has 0 fully saturated rings. The lowest BCUT2D eigenvalue weighted by Crippen LogP contribution is -2.12. The van der Waals surface area contributed by atoms with Crippen LogP contribution in [0, 0.1) is 0 Å². The number of anilines is 1. The molecule has 8 heteroatoms. The van der Waals surface area contributed by atoms with Gasteiger partial charge in [-0.2, -0.15) is 0 Å². The molecule has 0 spiro atoms. The molecule has 0 atom stereocenters. The predicted octanol–water partition coefficient (Wildman–Crippen LogP) is 4.65. The van der Waals surface area contributed by atoms with Gasteiger partial charge >= 0.3 is 0 Å². The van der Waals surface area contributed by atoms with E-state index in [4.69, 9.17) is 4.74 Å². The minimum atomic E-state index is -0.257. The highest BCUT2D eigenvalue weighted by atomic mass is 32.1. The van der Waals surface area contributed by atoms with E-state index in [1.807, 2.05) is 74.0 Å². The van der Waals surface area contributed by atoms with Gasteiger partial charge in [-0.05, 0) is 50.2 Å². The van der Waals surface area contributed by atoms with E-state index in [0.717, 1.165) is 27.7 Å². The van der Waals surface area contributed by atoms with Crippen LogP contribution < -0.4 is 10.1 Å². The van der Waals surface area contributed by atoms with Crippen molar-refractivity contribution < 1.29 is 9.53 Å². The second-order valence-corrected chi connectivity index (χ2v) is 7.89. The van der Waals surface area contributed by atoms with E-state index in [2.05, 4.69) is 20.5 Å². The molecule has 1 amide bonds. The molecular formula is C22H21N5O2S. The number of carbonyl (C=O) groups excluding carboxylic acids is 1. The average Bonchev–Trinajstić information content (AvgIpc) is 3.38. The second kappa shape index (κ2) is 8.46. The van der Waals surface area contributed by atoms with E-state index >= 15 is 0 Å². The number of nitrogens with one attached hydrogen (secondary N) is 1. The number of hydrogen-bond donors (Lipinski definition) is 1. The number of aromatic nitrogens is 4. The maximum absolute atomic E-state index is 12.7. The summed E-state index contributed by atoms with van der Waals surface area (Å²) in [6.45, 7) is 3.98. The van der Waals surface area contributed by atoms with Crippen LogP contribution in [0.15, 0.2) is 60.2 Å². The molecule has 152 valence electrons. The maximum atomic E-state index is 12.7. The number of nitrogens with zero attached hydrogens (tertiary/aromatic N) is 4. The van der Waals surface area contributed by atoms with Gasteiger partial charge in [0.25, 0.3) is 5.91 Å². The molecule has 0 aliphatic carbocycles. The van der Waals surface area contributed by atoms with Crippen LogP contribution in [0.1, 0.15) is 24.3 Å². The van der Waals surface area contributed by atoms with E-state index in [1.54, 1.807) is 11.7 Å². The fourth-order valence-electron chi connectivity index (χ4n) is 2.93. The smallest absolute Gasteiger partial charge is 0.275 e. The molecule has 2 aromatic heterocycles. The first-order chi connectivity index (χ1) is 14.5. The Morgan fingerprint density at radius 2 is 1.93 bits per heavy atom. The Morgan fingerprint density at radius 3 is 2.63 bits per heavy atom. The van der Waals surface area contributed by atoms with E-state index in [9.17, 15) is 4.79 Å². The third kappa shape index (κ3) is 4.38. The first-order valence-electron chi connectivity index (χ1n) is 9.48. The minimum Gasteiger partial charge on any atom is -0.491 e. The Balaban J connectivity index is 1.48. The van der Waals surface area contributed by atoms with Crippen LogP contribution in [0.25, 0.3) is 22.0 Å². The van der Waals surface area contributed by atoms with Crippen LogP contribution in [0.5, 0.6) is 5.75 Å². The lowest BCUT2D eigenvalue weighted by molar-refractivity contribution is 0.102. The predicted molar refractivity (Wildman–Crippen MR) is 118 cm³/mol. The van der Waals surface area contributed by atoms with E-state index in [0.29, 0.717) is 11.4 Å². The van der Waals surface area contributed by atoms with Gasteiger partial charge in [0.1, 0.15) is 22.8 Å². The third-order valence-electron chi connectivity index (χ3n) is 4.30. The molecule has 0 aliphatic rings. The van der Waals surface area contributed by atoms with Gasteiger partial charge < -0.3 is 14.6 Å². The Bertz CT molecular complexity index is 1160. The summed E-state index contributed by atoms with van der Waals surface area (Å²) in [5.74, 6) is 1.28. The number of aryl methyl sites for hydroxylation is 1. The van der Waals surface area contributed by atoms with Crippen molar-refractivity contribution >= 4 is 22.9 Å². The number of ether oxygens (including phenoxy) is 1.